The third-order valence-corrected chi connectivity index (χ3v) is 5.30. The minimum Gasteiger partial charge on any atom is -0.376 e. The number of carbonyl (C=O) groups is 1. The minimum atomic E-state index is -0.219. The first-order valence-electron chi connectivity index (χ1n) is 9.81. The number of anilines is 1. The van der Waals surface area contributed by atoms with Gasteiger partial charge in [-0.3, -0.25) is 4.79 Å². The average Bonchev–Trinajstić information content (AvgIpc) is 3.42. The van der Waals surface area contributed by atoms with Gasteiger partial charge in [0, 0.05) is 12.3 Å². The Morgan fingerprint density at radius 3 is 2.82 bits per heavy atom. The van der Waals surface area contributed by atoms with Crippen molar-refractivity contribution in [3.63, 3.8) is 0 Å². The number of piperidine rings is 1. The van der Waals surface area contributed by atoms with Gasteiger partial charge < -0.3 is 15.4 Å². The van der Waals surface area contributed by atoms with E-state index in [1.54, 1.807) is 0 Å². The van der Waals surface area contributed by atoms with Gasteiger partial charge in [-0.1, -0.05) is 17.3 Å². The van der Waals surface area contributed by atoms with E-state index in [0.29, 0.717) is 18.3 Å². The van der Waals surface area contributed by atoms with E-state index in [4.69, 9.17) is 4.74 Å². The van der Waals surface area contributed by atoms with Gasteiger partial charge in [0.25, 0.3) is 5.91 Å². The fourth-order valence-corrected chi connectivity index (χ4v) is 3.51. The van der Waals surface area contributed by atoms with Crippen molar-refractivity contribution in [3.8, 4) is 0 Å². The van der Waals surface area contributed by atoms with Crippen LogP contribution in [0.3, 0.4) is 0 Å². The molecule has 0 atom stereocenters. The summed E-state index contributed by atoms with van der Waals surface area (Å²) < 4.78 is 7.64. The van der Waals surface area contributed by atoms with Gasteiger partial charge in [-0.05, 0) is 69.3 Å². The molecule has 0 spiro atoms. The molecule has 28 heavy (non-hydrogen) atoms. The van der Waals surface area contributed by atoms with Gasteiger partial charge in [0.2, 0.25) is 0 Å². The van der Waals surface area contributed by atoms with Gasteiger partial charge in [0.1, 0.15) is 0 Å². The number of nitrogens with one attached hydrogen (secondary N) is 2. The SMILES string of the molecule is Cc1c(C(=O)Nc2cccc(COCC3CC3)c2)nnn1C1CCNCC1.Cl. The molecule has 1 saturated heterocycles. The Kier molecular flexibility index (Phi) is 7.04. The maximum atomic E-state index is 12.7. The number of carbonyl (C=O) groups excluding carboxylic acids is 1. The van der Waals surface area contributed by atoms with Crippen LogP contribution in [0.2, 0.25) is 0 Å². The Morgan fingerprint density at radius 2 is 2.07 bits per heavy atom. The highest BCUT2D eigenvalue weighted by Gasteiger charge is 2.23. The molecule has 1 aromatic carbocycles. The zero-order valence-electron chi connectivity index (χ0n) is 16.2. The van der Waals surface area contributed by atoms with Crippen LogP contribution in [0.4, 0.5) is 5.69 Å². The summed E-state index contributed by atoms with van der Waals surface area (Å²) in [5, 5.41) is 14.7. The van der Waals surface area contributed by atoms with Crippen LogP contribution in [0.25, 0.3) is 0 Å². The molecule has 0 radical (unpaired) electrons. The fraction of sp³-hybridized carbons (Fsp3) is 0.550. The Morgan fingerprint density at radius 1 is 1.29 bits per heavy atom. The molecule has 2 aliphatic rings. The summed E-state index contributed by atoms with van der Waals surface area (Å²) >= 11 is 0. The number of hydrogen-bond acceptors (Lipinski definition) is 5. The summed E-state index contributed by atoms with van der Waals surface area (Å²) in [6.45, 7) is 5.27. The third-order valence-electron chi connectivity index (χ3n) is 5.30. The van der Waals surface area contributed by atoms with Crippen LogP contribution < -0.4 is 10.6 Å². The normalized spacial score (nSPS) is 17.2. The monoisotopic (exact) mass is 405 g/mol. The maximum Gasteiger partial charge on any atom is 0.278 e. The molecule has 1 saturated carbocycles. The molecular formula is C20H28ClN5O2. The lowest BCUT2D eigenvalue weighted by Gasteiger charge is -2.23. The standard InChI is InChI=1S/C20H27N5O2.ClH/c1-14-19(23-24-25(14)18-7-9-21-10-8-18)20(26)22-17-4-2-3-16(11-17)13-27-12-15-5-6-15;/h2-4,11,15,18,21H,5-10,12-13H2,1H3,(H,22,26);1H. The molecular weight excluding hydrogens is 378 g/mol. The predicted molar refractivity (Wildman–Crippen MR) is 110 cm³/mol. The van der Waals surface area contributed by atoms with E-state index in [1.165, 1.54) is 12.8 Å². The number of aromatic nitrogens is 3. The van der Waals surface area contributed by atoms with Crippen molar-refractivity contribution >= 4 is 24.0 Å². The van der Waals surface area contributed by atoms with Crippen molar-refractivity contribution in [2.24, 2.45) is 5.92 Å². The number of rotatable bonds is 7. The molecule has 2 heterocycles. The molecule has 4 rings (SSSR count). The molecule has 0 unspecified atom stereocenters. The van der Waals surface area contributed by atoms with Crippen molar-refractivity contribution < 1.29 is 9.53 Å². The first-order chi connectivity index (χ1) is 13.2. The lowest BCUT2D eigenvalue weighted by molar-refractivity contribution is 0.102. The van der Waals surface area contributed by atoms with Gasteiger partial charge in [0.15, 0.2) is 5.69 Å². The topological polar surface area (TPSA) is 81.1 Å². The van der Waals surface area contributed by atoms with Crippen molar-refractivity contribution in [1.82, 2.24) is 20.3 Å². The van der Waals surface area contributed by atoms with Crippen molar-refractivity contribution in [3.05, 3.63) is 41.2 Å². The van der Waals surface area contributed by atoms with E-state index in [-0.39, 0.29) is 18.3 Å². The van der Waals surface area contributed by atoms with E-state index in [9.17, 15) is 4.79 Å². The lowest BCUT2D eigenvalue weighted by atomic mass is 10.1. The lowest BCUT2D eigenvalue weighted by Crippen LogP contribution is -2.30. The minimum absolute atomic E-state index is 0. The predicted octanol–water partition coefficient (Wildman–Crippen LogP) is 3.11. The average molecular weight is 406 g/mol. The number of nitrogens with zero attached hydrogens (tertiary/aromatic N) is 3. The Labute approximate surface area is 171 Å². The van der Waals surface area contributed by atoms with Gasteiger partial charge in [-0.2, -0.15) is 0 Å². The van der Waals surface area contributed by atoms with Gasteiger partial charge in [-0.15, -0.1) is 17.5 Å². The highest BCUT2D eigenvalue weighted by Crippen LogP contribution is 2.29. The molecule has 2 aromatic rings. The number of ether oxygens (including phenoxy) is 1. The van der Waals surface area contributed by atoms with E-state index in [2.05, 4.69) is 20.9 Å². The number of amides is 1. The zero-order chi connectivity index (χ0) is 18.6. The number of hydrogen-bond donors (Lipinski definition) is 2. The third kappa shape index (κ3) is 5.10. The first kappa shape index (κ1) is 20.8. The molecule has 2 N–H and O–H groups in total. The molecule has 1 aliphatic carbocycles. The van der Waals surface area contributed by atoms with Crippen molar-refractivity contribution in [2.75, 3.05) is 25.0 Å². The van der Waals surface area contributed by atoms with Crippen LogP contribution in [-0.2, 0) is 11.3 Å². The molecule has 2 fully saturated rings. The first-order valence-corrected chi connectivity index (χ1v) is 9.81. The molecule has 7 nitrogen and oxygen atoms in total. The van der Waals surface area contributed by atoms with Crippen molar-refractivity contribution in [1.29, 1.82) is 0 Å². The van der Waals surface area contributed by atoms with E-state index in [0.717, 1.165) is 55.4 Å². The largest absolute Gasteiger partial charge is 0.376 e. The van der Waals surface area contributed by atoms with Crippen LogP contribution in [0.5, 0.6) is 0 Å². The smallest absolute Gasteiger partial charge is 0.278 e. The molecule has 1 aliphatic heterocycles. The maximum absolute atomic E-state index is 12.7. The molecule has 0 bridgehead atoms. The Balaban J connectivity index is 0.00000225. The number of halogens is 1. The van der Waals surface area contributed by atoms with Gasteiger partial charge in [0.05, 0.1) is 18.3 Å². The van der Waals surface area contributed by atoms with Crippen LogP contribution in [0.1, 0.15) is 53.5 Å². The summed E-state index contributed by atoms with van der Waals surface area (Å²) in [6.07, 6.45) is 4.59. The van der Waals surface area contributed by atoms with Crippen LogP contribution in [0, 0.1) is 12.8 Å². The summed E-state index contributed by atoms with van der Waals surface area (Å²) in [4.78, 5) is 12.7. The summed E-state index contributed by atoms with van der Waals surface area (Å²) in [5.74, 6) is 0.530. The van der Waals surface area contributed by atoms with E-state index in [1.807, 2.05) is 35.9 Å². The molecule has 152 valence electrons. The second-order valence-electron chi connectivity index (χ2n) is 7.56. The van der Waals surface area contributed by atoms with Crippen LogP contribution >= 0.6 is 12.4 Å². The van der Waals surface area contributed by atoms with Gasteiger partial charge >= 0.3 is 0 Å². The number of benzene rings is 1. The second kappa shape index (κ2) is 9.49. The summed E-state index contributed by atoms with van der Waals surface area (Å²) in [7, 11) is 0. The summed E-state index contributed by atoms with van der Waals surface area (Å²) in [5.41, 5.74) is 3.03. The van der Waals surface area contributed by atoms with E-state index >= 15 is 0 Å². The van der Waals surface area contributed by atoms with Gasteiger partial charge in [-0.25, -0.2) is 4.68 Å². The quantitative estimate of drug-likeness (QED) is 0.739. The molecule has 8 heteroatoms. The molecule has 1 aromatic heterocycles. The Bertz CT molecular complexity index is 800. The highest BCUT2D eigenvalue weighted by atomic mass is 35.5. The second-order valence-corrected chi connectivity index (χ2v) is 7.56. The van der Waals surface area contributed by atoms with Crippen LogP contribution in [-0.4, -0.2) is 40.6 Å². The van der Waals surface area contributed by atoms with E-state index < -0.39 is 0 Å². The Hall–Kier alpha value is -1.96. The molecule has 1 amide bonds. The zero-order valence-corrected chi connectivity index (χ0v) is 17.0. The van der Waals surface area contributed by atoms with Crippen molar-refractivity contribution in [2.45, 2.75) is 45.3 Å². The fourth-order valence-electron chi connectivity index (χ4n) is 3.51. The summed E-state index contributed by atoms with van der Waals surface area (Å²) in [6, 6.07) is 8.10. The highest BCUT2D eigenvalue weighted by molar-refractivity contribution is 6.03. The van der Waals surface area contributed by atoms with Crippen LogP contribution in [0.15, 0.2) is 24.3 Å².